The van der Waals surface area contributed by atoms with Crippen molar-refractivity contribution in [1.82, 2.24) is 0 Å². The molecular formula is C17H34S. The van der Waals surface area contributed by atoms with Crippen molar-refractivity contribution in [3.8, 4) is 0 Å². The van der Waals surface area contributed by atoms with Crippen molar-refractivity contribution in [1.29, 1.82) is 0 Å². The highest BCUT2D eigenvalue weighted by Crippen LogP contribution is 2.37. The lowest BCUT2D eigenvalue weighted by molar-refractivity contribution is 0.259. The zero-order valence-corrected chi connectivity index (χ0v) is 14.9. The van der Waals surface area contributed by atoms with Gasteiger partial charge >= 0.3 is 0 Å². The molecule has 0 atom stereocenters. The summed E-state index contributed by atoms with van der Waals surface area (Å²) < 4.78 is 0.0853. The minimum atomic E-state index is 0.0853. The molecular weight excluding hydrogens is 236 g/mol. The molecule has 0 aliphatic rings. The zero-order chi connectivity index (χ0) is 14.8. The van der Waals surface area contributed by atoms with E-state index in [2.05, 4.69) is 87.1 Å². The van der Waals surface area contributed by atoms with Gasteiger partial charge in [0.1, 0.15) is 0 Å². The molecule has 1 heteroatoms. The molecule has 0 N–H and O–H groups in total. The van der Waals surface area contributed by atoms with E-state index in [1.54, 1.807) is 0 Å². The molecule has 0 heterocycles. The van der Waals surface area contributed by atoms with E-state index in [9.17, 15) is 0 Å². The summed E-state index contributed by atoms with van der Waals surface area (Å²) in [6.07, 6.45) is 7.08. The van der Waals surface area contributed by atoms with Gasteiger partial charge in [0.25, 0.3) is 0 Å². The Labute approximate surface area is 121 Å². The minimum Gasteiger partial charge on any atom is -0.173 e. The van der Waals surface area contributed by atoms with Gasteiger partial charge in [0.15, 0.2) is 0 Å². The smallest absolute Gasteiger partial charge is 0.00812 e. The number of thiol groups is 1. The first-order valence-electron chi connectivity index (χ1n) is 7.05. The van der Waals surface area contributed by atoms with Crippen LogP contribution in [0.25, 0.3) is 0 Å². The fourth-order valence-corrected chi connectivity index (χ4v) is 3.46. The van der Waals surface area contributed by atoms with Crippen molar-refractivity contribution in [3.05, 3.63) is 12.2 Å². The van der Waals surface area contributed by atoms with Crippen LogP contribution in [-0.2, 0) is 0 Å². The Hall–Kier alpha value is 0.0900. The first-order valence-corrected chi connectivity index (χ1v) is 7.50. The normalized spacial score (nSPS) is 15.4. The molecule has 0 saturated heterocycles. The van der Waals surface area contributed by atoms with Crippen LogP contribution in [0.3, 0.4) is 0 Å². The summed E-state index contributed by atoms with van der Waals surface area (Å²) in [5.74, 6) is 0. The van der Waals surface area contributed by atoms with Crippen LogP contribution in [0.15, 0.2) is 12.2 Å². The van der Waals surface area contributed by atoms with Crippen LogP contribution in [0.2, 0.25) is 0 Å². The van der Waals surface area contributed by atoms with Gasteiger partial charge in [-0.05, 0) is 29.1 Å². The van der Waals surface area contributed by atoms with Gasteiger partial charge in [-0.25, -0.2) is 0 Å². The van der Waals surface area contributed by atoms with Crippen molar-refractivity contribution < 1.29 is 0 Å². The Bertz CT molecular complexity index is 252. The summed E-state index contributed by atoms with van der Waals surface area (Å²) in [6.45, 7) is 20.6. The van der Waals surface area contributed by atoms with Gasteiger partial charge < -0.3 is 0 Å². The first-order chi connectivity index (χ1) is 7.62. The van der Waals surface area contributed by atoms with Crippen molar-refractivity contribution in [2.45, 2.75) is 79.9 Å². The van der Waals surface area contributed by atoms with Crippen LogP contribution in [0.4, 0.5) is 0 Å². The van der Waals surface area contributed by atoms with E-state index in [0.29, 0.717) is 5.41 Å². The van der Waals surface area contributed by atoms with Crippen LogP contribution in [0.1, 0.15) is 75.2 Å². The van der Waals surface area contributed by atoms with Crippen LogP contribution >= 0.6 is 12.6 Å². The van der Waals surface area contributed by atoms with E-state index in [4.69, 9.17) is 0 Å². The maximum Gasteiger partial charge on any atom is 0.00812 e. The summed E-state index contributed by atoms with van der Waals surface area (Å²) >= 11 is 4.65. The van der Waals surface area contributed by atoms with Crippen LogP contribution in [0.5, 0.6) is 0 Å². The minimum absolute atomic E-state index is 0.0853. The molecule has 18 heavy (non-hydrogen) atoms. The number of hydrogen-bond acceptors (Lipinski definition) is 1. The molecule has 0 radical (unpaired) electrons. The number of hydrogen-bond donors (Lipinski definition) is 1. The van der Waals surface area contributed by atoms with Gasteiger partial charge in [-0.1, -0.05) is 74.5 Å². The predicted octanol–water partition coefficient (Wildman–Crippen LogP) is 6.13. The number of rotatable bonds is 5. The second-order valence-corrected chi connectivity index (χ2v) is 10.2. The molecule has 0 spiro atoms. The lowest BCUT2D eigenvalue weighted by Crippen LogP contribution is -2.23. The van der Waals surface area contributed by atoms with Crippen LogP contribution in [0, 0.1) is 16.2 Å². The number of allylic oxidation sites excluding steroid dienone is 2. The Morgan fingerprint density at radius 2 is 1.00 bits per heavy atom. The highest BCUT2D eigenvalue weighted by molar-refractivity contribution is 7.81. The van der Waals surface area contributed by atoms with Crippen molar-refractivity contribution in [2.75, 3.05) is 0 Å². The molecule has 0 aromatic heterocycles. The van der Waals surface area contributed by atoms with Gasteiger partial charge in [-0.2, -0.15) is 12.6 Å². The van der Waals surface area contributed by atoms with Crippen molar-refractivity contribution in [3.63, 3.8) is 0 Å². The van der Waals surface area contributed by atoms with Gasteiger partial charge in [0.2, 0.25) is 0 Å². The molecule has 0 amide bonds. The molecule has 0 fully saturated rings. The van der Waals surface area contributed by atoms with Crippen molar-refractivity contribution >= 4 is 12.6 Å². The second kappa shape index (κ2) is 5.61. The third-order valence-electron chi connectivity index (χ3n) is 2.86. The van der Waals surface area contributed by atoms with Gasteiger partial charge in [0, 0.05) is 4.75 Å². The molecule has 0 saturated carbocycles. The Kier molecular flexibility index (Phi) is 5.64. The maximum atomic E-state index is 4.65. The largest absolute Gasteiger partial charge is 0.173 e. The summed E-state index contributed by atoms with van der Waals surface area (Å²) in [7, 11) is 0. The van der Waals surface area contributed by atoms with E-state index >= 15 is 0 Å². The molecule has 0 bridgehead atoms. The third kappa shape index (κ3) is 10.1. The summed E-state index contributed by atoms with van der Waals surface area (Å²) in [6, 6.07) is 0. The molecule has 0 aliphatic heterocycles. The molecule has 0 aromatic rings. The zero-order valence-electron chi connectivity index (χ0n) is 14.0. The topological polar surface area (TPSA) is 0 Å². The van der Waals surface area contributed by atoms with Crippen LogP contribution in [-0.4, -0.2) is 4.75 Å². The van der Waals surface area contributed by atoms with Gasteiger partial charge in [-0.3, -0.25) is 0 Å². The molecule has 0 aliphatic carbocycles. The lowest BCUT2D eigenvalue weighted by Gasteiger charge is -2.33. The Morgan fingerprint density at radius 3 is 1.28 bits per heavy atom. The lowest BCUT2D eigenvalue weighted by atomic mass is 9.74. The summed E-state index contributed by atoms with van der Waals surface area (Å²) in [5, 5.41) is 0. The first kappa shape index (κ1) is 18.1. The fraction of sp³-hybridized carbons (Fsp3) is 0.882. The van der Waals surface area contributed by atoms with E-state index in [1.807, 2.05) is 0 Å². The second-order valence-electron chi connectivity index (χ2n) is 9.04. The maximum absolute atomic E-state index is 4.65. The third-order valence-corrected chi connectivity index (χ3v) is 3.02. The van der Waals surface area contributed by atoms with E-state index < -0.39 is 0 Å². The average Bonchev–Trinajstić information content (AvgIpc) is 1.91. The summed E-state index contributed by atoms with van der Waals surface area (Å²) in [5.41, 5.74) is 0.845. The van der Waals surface area contributed by atoms with Crippen molar-refractivity contribution in [2.24, 2.45) is 16.2 Å². The summed E-state index contributed by atoms with van der Waals surface area (Å²) in [4.78, 5) is 0. The van der Waals surface area contributed by atoms with E-state index in [-0.39, 0.29) is 15.6 Å². The molecule has 108 valence electrons. The van der Waals surface area contributed by atoms with Gasteiger partial charge in [-0.15, -0.1) is 0 Å². The molecule has 0 unspecified atom stereocenters. The standard InChI is InChI=1S/C17H34S/c1-14(2,3)12-15(4,5)10-11-16(6,7)13-17(8,9)18/h10-11,18H,12-13H2,1-9H3/b11-10+. The molecule has 0 aromatic carbocycles. The highest BCUT2D eigenvalue weighted by Gasteiger charge is 2.27. The quantitative estimate of drug-likeness (QED) is 0.451. The SMILES string of the molecule is CC(C)(C)CC(C)(C)/C=C/C(C)(C)CC(C)(C)S. The fourth-order valence-electron chi connectivity index (χ4n) is 3.05. The van der Waals surface area contributed by atoms with E-state index in [1.165, 1.54) is 6.42 Å². The highest BCUT2D eigenvalue weighted by atomic mass is 32.1. The molecule has 0 nitrogen and oxygen atoms in total. The monoisotopic (exact) mass is 270 g/mol. The average molecular weight is 271 g/mol. The predicted molar refractivity (Wildman–Crippen MR) is 88.5 cm³/mol. The van der Waals surface area contributed by atoms with Crippen LogP contribution < -0.4 is 0 Å². The van der Waals surface area contributed by atoms with Gasteiger partial charge in [0.05, 0.1) is 0 Å². The Balaban J connectivity index is 4.71. The van der Waals surface area contributed by atoms with E-state index in [0.717, 1.165) is 6.42 Å². The molecule has 0 rings (SSSR count). The Morgan fingerprint density at radius 1 is 0.667 bits per heavy atom.